The molecule has 39 heavy (non-hydrogen) atoms. The maximum absolute atomic E-state index is 16.9. The molecule has 202 valence electrons. The van der Waals surface area contributed by atoms with Gasteiger partial charge in [-0.3, -0.25) is 4.90 Å². The molecule has 0 amide bonds. The molecule has 3 aliphatic heterocycles. The lowest BCUT2D eigenvalue weighted by Crippen LogP contribution is -2.45. The number of likely N-dealkylation sites (tertiary alicyclic amines) is 1. The topological polar surface area (TPSA) is 91.3 Å². The Bertz CT molecular complexity index is 1620. The zero-order valence-corrected chi connectivity index (χ0v) is 23.3. The van der Waals surface area contributed by atoms with Gasteiger partial charge in [-0.05, 0) is 50.4 Å². The van der Waals surface area contributed by atoms with Crippen LogP contribution in [0.4, 0.5) is 19.7 Å². The third-order valence-corrected chi connectivity index (χ3v) is 9.46. The summed E-state index contributed by atoms with van der Waals surface area (Å²) in [6, 6.07) is 2.89. The van der Waals surface area contributed by atoms with Crippen LogP contribution >= 0.6 is 11.3 Å². The van der Waals surface area contributed by atoms with Crippen molar-refractivity contribution in [1.82, 2.24) is 14.9 Å². The molecule has 2 aromatic heterocycles. The van der Waals surface area contributed by atoms with Crippen molar-refractivity contribution in [2.24, 2.45) is 0 Å². The number of allylic oxidation sites excluding steroid dienone is 2. The molecular formula is C29H30F2N6OS. The Morgan fingerprint density at radius 3 is 2.69 bits per heavy atom. The molecule has 2 fully saturated rings. The van der Waals surface area contributed by atoms with E-state index in [4.69, 9.17) is 15.5 Å². The monoisotopic (exact) mass is 548 g/mol. The highest BCUT2D eigenvalue weighted by Gasteiger charge is 2.43. The van der Waals surface area contributed by atoms with Crippen molar-refractivity contribution in [2.45, 2.75) is 58.9 Å². The second-order valence-corrected chi connectivity index (χ2v) is 11.6. The number of ether oxygens (including phenoxy) is 1. The molecule has 3 aromatic rings. The molecule has 7 nitrogen and oxygen atoms in total. The van der Waals surface area contributed by atoms with Crippen molar-refractivity contribution >= 4 is 44.6 Å². The number of nitrogens with two attached hydrogens (primary N) is 1. The standard InChI is InChI=1S/C29H30F2N6OS/c1-5-14(3)22(24-17(8-32)28(33)39-27(24)21(30)6-2)23-20-13-38-12-19(20)18-9-34-29(35-26(18)25(23)31)37-11-15-7-16(37)10-36(15)4/h6,9,15-16H,5,7,10-13,33H2,1-4H3/b21-6+,22-14+/t15?,16-/m0/s1. The molecule has 2 N–H and O–H groups in total. The number of anilines is 2. The average Bonchev–Trinajstić information content (AvgIpc) is 3.73. The maximum Gasteiger partial charge on any atom is 0.226 e. The molecule has 5 heterocycles. The van der Waals surface area contributed by atoms with Gasteiger partial charge in [0.15, 0.2) is 5.82 Å². The lowest BCUT2D eigenvalue weighted by atomic mass is 9.85. The zero-order chi connectivity index (χ0) is 27.6. The molecule has 0 radical (unpaired) electrons. The quantitative estimate of drug-likeness (QED) is 0.433. The number of fused-ring (bicyclic) bond motifs is 5. The van der Waals surface area contributed by atoms with Crippen LogP contribution in [0.5, 0.6) is 0 Å². The number of likely N-dealkylation sites (N-methyl/N-ethyl adjacent to an activating group) is 1. The summed E-state index contributed by atoms with van der Waals surface area (Å²) < 4.78 is 37.9. The predicted octanol–water partition coefficient (Wildman–Crippen LogP) is 5.77. The summed E-state index contributed by atoms with van der Waals surface area (Å²) in [4.78, 5) is 14.2. The van der Waals surface area contributed by atoms with E-state index in [9.17, 15) is 5.26 Å². The molecule has 2 atom stereocenters. The van der Waals surface area contributed by atoms with Gasteiger partial charge < -0.3 is 15.4 Å². The Kier molecular flexibility index (Phi) is 6.41. The van der Waals surface area contributed by atoms with Crippen molar-refractivity contribution in [3.63, 3.8) is 0 Å². The van der Waals surface area contributed by atoms with Crippen LogP contribution < -0.4 is 10.6 Å². The van der Waals surface area contributed by atoms with Gasteiger partial charge in [0.1, 0.15) is 22.4 Å². The Hall–Kier alpha value is -3.39. The van der Waals surface area contributed by atoms with Crippen molar-refractivity contribution < 1.29 is 13.5 Å². The van der Waals surface area contributed by atoms with Gasteiger partial charge in [-0.1, -0.05) is 18.6 Å². The maximum atomic E-state index is 16.9. The van der Waals surface area contributed by atoms with E-state index >= 15 is 8.78 Å². The number of aromatic nitrogens is 2. The highest BCUT2D eigenvalue weighted by molar-refractivity contribution is 7.17. The molecule has 2 saturated heterocycles. The smallest absolute Gasteiger partial charge is 0.226 e. The second kappa shape index (κ2) is 9.66. The van der Waals surface area contributed by atoms with E-state index in [2.05, 4.69) is 27.9 Å². The molecule has 10 heteroatoms. The lowest BCUT2D eigenvalue weighted by Gasteiger charge is -2.32. The molecular weight excluding hydrogens is 518 g/mol. The summed E-state index contributed by atoms with van der Waals surface area (Å²) >= 11 is 1.01. The number of hydrogen-bond donors (Lipinski definition) is 1. The van der Waals surface area contributed by atoms with Gasteiger partial charge >= 0.3 is 0 Å². The van der Waals surface area contributed by atoms with Crippen LogP contribution in [0.3, 0.4) is 0 Å². The molecule has 1 aromatic carbocycles. The average molecular weight is 549 g/mol. The van der Waals surface area contributed by atoms with Gasteiger partial charge in [0.2, 0.25) is 5.95 Å². The first-order chi connectivity index (χ1) is 18.8. The molecule has 3 aliphatic rings. The fourth-order valence-electron chi connectivity index (χ4n) is 6.24. The number of nitrogen functional groups attached to an aromatic ring is 1. The van der Waals surface area contributed by atoms with Gasteiger partial charge in [-0.15, -0.1) is 11.3 Å². The minimum Gasteiger partial charge on any atom is -0.389 e. The third-order valence-electron chi connectivity index (χ3n) is 8.43. The number of nitrogens with zero attached hydrogens (tertiary/aromatic N) is 5. The van der Waals surface area contributed by atoms with E-state index in [1.807, 2.05) is 13.8 Å². The molecule has 2 bridgehead atoms. The predicted molar refractivity (Wildman–Crippen MR) is 150 cm³/mol. The SMILES string of the molecule is C/C=C(/F)c1sc(N)c(C#N)c1/C(=C(\C)CC)c1c2c(c3cnc(N4CC5C[C@H]4CN5C)nc3c1F)COC2. The number of thiophene rings is 1. The third kappa shape index (κ3) is 3.86. The Balaban J connectivity index is 1.62. The minimum atomic E-state index is -0.511. The van der Waals surface area contributed by atoms with Crippen LogP contribution in [0.2, 0.25) is 0 Å². The fraction of sp³-hybridized carbons (Fsp3) is 0.414. The van der Waals surface area contributed by atoms with Crippen LogP contribution in [-0.4, -0.2) is 47.1 Å². The number of hydrogen-bond acceptors (Lipinski definition) is 8. The number of piperazine rings is 1. The summed E-state index contributed by atoms with van der Waals surface area (Å²) in [5.74, 6) is -0.497. The van der Waals surface area contributed by atoms with Gasteiger partial charge in [-0.25, -0.2) is 18.7 Å². The molecule has 6 rings (SSSR count). The van der Waals surface area contributed by atoms with Crippen molar-refractivity contribution in [2.75, 3.05) is 30.8 Å². The van der Waals surface area contributed by atoms with Crippen molar-refractivity contribution in [1.29, 1.82) is 5.26 Å². The summed E-state index contributed by atoms with van der Waals surface area (Å²) in [5, 5.41) is 10.9. The van der Waals surface area contributed by atoms with Gasteiger partial charge in [0, 0.05) is 47.9 Å². The first-order valence-electron chi connectivity index (χ1n) is 13.2. The van der Waals surface area contributed by atoms with Crippen LogP contribution in [0.25, 0.3) is 22.3 Å². The highest BCUT2D eigenvalue weighted by Crippen LogP contribution is 2.47. The first kappa shape index (κ1) is 25.9. The molecule has 1 unspecified atom stereocenters. The summed E-state index contributed by atoms with van der Waals surface area (Å²) in [6.45, 7) is 7.66. The molecule has 0 saturated carbocycles. The van der Waals surface area contributed by atoms with Crippen LogP contribution in [0, 0.1) is 17.1 Å². The highest BCUT2D eigenvalue weighted by atomic mass is 32.1. The van der Waals surface area contributed by atoms with Crippen LogP contribution in [-0.2, 0) is 18.0 Å². The zero-order valence-electron chi connectivity index (χ0n) is 22.4. The minimum absolute atomic E-state index is 0.155. The number of halogens is 2. The van der Waals surface area contributed by atoms with E-state index < -0.39 is 11.6 Å². The van der Waals surface area contributed by atoms with Crippen molar-refractivity contribution in [3.8, 4) is 6.07 Å². The fourth-order valence-corrected chi connectivity index (χ4v) is 7.23. The van der Waals surface area contributed by atoms with Crippen LogP contribution in [0.1, 0.15) is 66.3 Å². The second-order valence-electron chi connectivity index (χ2n) is 10.5. The van der Waals surface area contributed by atoms with E-state index in [0.717, 1.165) is 42.0 Å². The van der Waals surface area contributed by atoms with Gasteiger partial charge in [0.05, 0.1) is 23.7 Å². The Morgan fingerprint density at radius 2 is 2.05 bits per heavy atom. The Labute approximate surface area is 230 Å². The van der Waals surface area contributed by atoms with Crippen LogP contribution in [0.15, 0.2) is 17.8 Å². The number of benzene rings is 1. The largest absolute Gasteiger partial charge is 0.389 e. The first-order valence-corrected chi connectivity index (χ1v) is 14.0. The van der Waals surface area contributed by atoms with E-state index in [1.165, 1.54) is 6.08 Å². The van der Waals surface area contributed by atoms with Gasteiger partial charge in [0.25, 0.3) is 0 Å². The van der Waals surface area contributed by atoms with Gasteiger partial charge in [-0.2, -0.15) is 5.26 Å². The van der Waals surface area contributed by atoms with E-state index in [-0.39, 0.29) is 27.6 Å². The van der Waals surface area contributed by atoms with Crippen molar-refractivity contribution in [3.05, 3.63) is 56.4 Å². The summed E-state index contributed by atoms with van der Waals surface area (Å²) in [5.41, 5.74) is 10.0. The van der Waals surface area contributed by atoms with E-state index in [1.54, 1.807) is 13.1 Å². The number of nitriles is 1. The Morgan fingerprint density at radius 1 is 1.28 bits per heavy atom. The lowest BCUT2D eigenvalue weighted by molar-refractivity contribution is 0.134. The normalized spacial score (nSPS) is 21.6. The summed E-state index contributed by atoms with van der Waals surface area (Å²) in [7, 11) is 2.12. The summed E-state index contributed by atoms with van der Waals surface area (Å²) in [6.07, 6.45) is 4.65. The van der Waals surface area contributed by atoms with E-state index in [0.29, 0.717) is 58.7 Å². The molecule has 0 spiro atoms. The molecule has 0 aliphatic carbocycles. The number of rotatable bonds is 5.